The van der Waals surface area contributed by atoms with E-state index in [1.807, 2.05) is 30.3 Å². The molecule has 0 saturated heterocycles. The molecule has 144 valence electrons. The molecule has 0 aliphatic rings. The zero-order valence-electron chi connectivity index (χ0n) is 15.0. The van der Waals surface area contributed by atoms with Crippen LogP contribution in [0.5, 0.6) is 0 Å². The molecule has 1 atom stereocenters. The minimum Gasteiger partial charge on any atom is -0.481 e. The molecular weight excluding hydrogens is 354 g/mol. The maximum Gasteiger partial charge on any atom is 0.317 e. The lowest BCUT2D eigenvalue weighted by Crippen LogP contribution is -2.44. The van der Waals surface area contributed by atoms with Gasteiger partial charge in [-0.2, -0.15) is 0 Å². The highest BCUT2D eigenvalue weighted by Gasteiger charge is 2.18. The molecule has 27 heavy (non-hydrogen) atoms. The molecule has 0 aliphatic heterocycles. The van der Waals surface area contributed by atoms with Crippen molar-refractivity contribution in [2.24, 2.45) is 0 Å². The minimum atomic E-state index is -0.941. The summed E-state index contributed by atoms with van der Waals surface area (Å²) in [7, 11) is 1.49. The summed E-state index contributed by atoms with van der Waals surface area (Å²) in [6.45, 7) is -0.0328. The fraction of sp³-hybridized carbons (Fsp3) is 0.300. The highest BCUT2D eigenvalue weighted by atomic mass is 19.1. The number of carboxylic acid groups (broad SMARTS) is 1. The molecule has 0 spiro atoms. The number of benzene rings is 2. The number of nitrogens with zero attached hydrogens (tertiary/aromatic N) is 1. The van der Waals surface area contributed by atoms with Crippen molar-refractivity contribution in [2.75, 3.05) is 7.05 Å². The van der Waals surface area contributed by atoms with Crippen LogP contribution >= 0.6 is 0 Å². The van der Waals surface area contributed by atoms with Gasteiger partial charge in [-0.15, -0.1) is 0 Å². The largest absolute Gasteiger partial charge is 0.481 e. The third-order valence-corrected chi connectivity index (χ3v) is 4.13. The molecule has 2 aromatic rings. The summed E-state index contributed by atoms with van der Waals surface area (Å²) >= 11 is 0. The number of nitrogens with one attached hydrogen (secondary N) is 1. The second kappa shape index (κ2) is 9.66. The van der Waals surface area contributed by atoms with E-state index in [-0.39, 0.29) is 31.0 Å². The smallest absolute Gasteiger partial charge is 0.317 e. The number of carboxylic acids is 1. The van der Waals surface area contributed by atoms with Crippen molar-refractivity contribution in [2.45, 2.75) is 31.8 Å². The van der Waals surface area contributed by atoms with Crippen LogP contribution in [0.1, 0.15) is 24.0 Å². The van der Waals surface area contributed by atoms with Gasteiger partial charge < -0.3 is 15.3 Å². The van der Waals surface area contributed by atoms with Crippen LogP contribution in [-0.4, -0.2) is 35.1 Å². The zero-order chi connectivity index (χ0) is 19.8. The number of amides is 2. The normalized spacial score (nSPS) is 11.7. The van der Waals surface area contributed by atoms with E-state index in [1.54, 1.807) is 0 Å². The SMILES string of the molecule is CN(Cc1ccc(F)cc1F)C(=O)NC(CCC(=O)O)Cc1ccccc1. The standard InChI is InChI=1S/C20H22F2N2O3/c1-24(13-15-7-8-16(21)12-18(15)22)20(27)23-17(9-10-19(25)26)11-14-5-3-2-4-6-14/h2-8,12,17H,9-11,13H2,1H3,(H,23,27)(H,25,26). The summed E-state index contributed by atoms with van der Waals surface area (Å²) < 4.78 is 26.8. The van der Waals surface area contributed by atoms with Gasteiger partial charge in [0, 0.05) is 37.7 Å². The Morgan fingerprint density at radius 2 is 1.85 bits per heavy atom. The van der Waals surface area contributed by atoms with Crippen LogP contribution in [0.25, 0.3) is 0 Å². The van der Waals surface area contributed by atoms with Gasteiger partial charge >= 0.3 is 12.0 Å². The number of urea groups is 1. The lowest BCUT2D eigenvalue weighted by molar-refractivity contribution is -0.137. The van der Waals surface area contributed by atoms with E-state index in [2.05, 4.69) is 5.32 Å². The fourth-order valence-electron chi connectivity index (χ4n) is 2.68. The van der Waals surface area contributed by atoms with Crippen LogP contribution in [0.4, 0.5) is 13.6 Å². The average molecular weight is 376 g/mol. The molecule has 0 aromatic heterocycles. The summed E-state index contributed by atoms with van der Waals surface area (Å²) in [5, 5.41) is 11.7. The topological polar surface area (TPSA) is 69.6 Å². The van der Waals surface area contributed by atoms with E-state index >= 15 is 0 Å². The third kappa shape index (κ3) is 6.69. The maximum atomic E-state index is 13.8. The van der Waals surface area contributed by atoms with Crippen LogP contribution in [0.3, 0.4) is 0 Å². The van der Waals surface area contributed by atoms with E-state index < -0.39 is 23.6 Å². The van der Waals surface area contributed by atoms with Crippen molar-refractivity contribution in [3.63, 3.8) is 0 Å². The van der Waals surface area contributed by atoms with Crippen LogP contribution in [0, 0.1) is 11.6 Å². The Bertz CT molecular complexity index is 784. The van der Waals surface area contributed by atoms with Crippen molar-refractivity contribution < 1.29 is 23.5 Å². The molecule has 2 N–H and O–H groups in total. The Morgan fingerprint density at radius 1 is 1.15 bits per heavy atom. The van der Waals surface area contributed by atoms with Crippen LogP contribution in [-0.2, 0) is 17.8 Å². The number of carbonyl (C=O) groups is 2. The summed E-state index contributed by atoms with van der Waals surface area (Å²) in [6, 6.07) is 11.8. The summed E-state index contributed by atoms with van der Waals surface area (Å²) in [5.74, 6) is -2.34. The number of rotatable bonds is 8. The molecule has 1 unspecified atom stereocenters. The molecule has 7 heteroatoms. The maximum absolute atomic E-state index is 13.8. The zero-order valence-corrected chi connectivity index (χ0v) is 15.0. The van der Waals surface area contributed by atoms with Crippen molar-refractivity contribution in [3.05, 3.63) is 71.3 Å². The van der Waals surface area contributed by atoms with Crippen LogP contribution < -0.4 is 5.32 Å². The van der Waals surface area contributed by atoms with Crippen LogP contribution in [0.15, 0.2) is 48.5 Å². The van der Waals surface area contributed by atoms with Gasteiger partial charge in [0.25, 0.3) is 0 Å². The van der Waals surface area contributed by atoms with Gasteiger partial charge in [0.2, 0.25) is 0 Å². The Morgan fingerprint density at radius 3 is 2.48 bits per heavy atom. The predicted molar refractivity (Wildman–Crippen MR) is 97.2 cm³/mol. The van der Waals surface area contributed by atoms with Gasteiger partial charge in [0.15, 0.2) is 0 Å². The highest BCUT2D eigenvalue weighted by Crippen LogP contribution is 2.13. The van der Waals surface area contributed by atoms with Gasteiger partial charge in [-0.1, -0.05) is 36.4 Å². The fourth-order valence-corrected chi connectivity index (χ4v) is 2.68. The van der Waals surface area contributed by atoms with Crippen molar-refractivity contribution in [1.82, 2.24) is 10.2 Å². The van der Waals surface area contributed by atoms with Gasteiger partial charge in [-0.05, 0) is 24.5 Å². The number of carbonyl (C=O) groups excluding carboxylic acids is 1. The summed E-state index contributed by atoms with van der Waals surface area (Å²) in [4.78, 5) is 24.6. The first-order chi connectivity index (χ1) is 12.8. The lowest BCUT2D eigenvalue weighted by Gasteiger charge is -2.24. The first-order valence-corrected chi connectivity index (χ1v) is 8.56. The number of hydrogen-bond donors (Lipinski definition) is 2. The molecule has 2 rings (SSSR count). The summed E-state index contributed by atoms with van der Waals surface area (Å²) in [5.41, 5.74) is 1.17. The van der Waals surface area contributed by atoms with Gasteiger partial charge in [-0.25, -0.2) is 13.6 Å². The predicted octanol–water partition coefficient (Wildman–Crippen LogP) is 3.58. The average Bonchev–Trinajstić information content (AvgIpc) is 2.62. The van der Waals surface area contributed by atoms with E-state index in [4.69, 9.17) is 5.11 Å². The molecule has 0 aliphatic carbocycles. The van der Waals surface area contributed by atoms with Gasteiger partial charge in [0.05, 0.1) is 0 Å². The molecular formula is C20H22F2N2O3. The van der Waals surface area contributed by atoms with E-state index in [1.165, 1.54) is 18.0 Å². The van der Waals surface area contributed by atoms with Crippen molar-refractivity contribution >= 4 is 12.0 Å². The van der Waals surface area contributed by atoms with E-state index in [0.29, 0.717) is 6.42 Å². The Kier molecular flexibility index (Phi) is 7.28. The second-order valence-electron chi connectivity index (χ2n) is 6.36. The van der Waals surface area contributed by atoms with E-state index in [0.717, 1.165) is 17.7 Å². The molecule has 2 amide bonds. The quantitative estimate of drug-likeness (QED) is 0.740. The van der Waals surface area contributed by atoms with Crippen molar-refractivity contribution in [3.8, 4) is 0 Å². The minimum absolute atomic E-state index is 0.0328. The first-order valence-electron chi connectivity index (χ1n) is 8.56. The second-order valence-corrected chi connectivity index (χ2v) is 6.36. The first kappa shape index (κ1) is 20.4. The van der Waals surface area contributed by atoms with Crippen LogP contribution in [0.2, 0.25) is 0 Å². The number of hydrogen-bond acceptors (Lipinski definition) is 2. The van der Waals surface area contributed by atoms with Gasteiger partial charge in [0.1, 0.15) is 11.6 Å². The molecule has 0 bridgehead atoms. The molecule has 0 fully saturated rings. The Hall–Kier alpha value is -2.96. The number of halogens is 2. The Labute approximate surface area is 156 Å². The summed E-state index contributed by atoms with van der Waals surface area (Å²) in [6.07, 6.45) is 0.682. The molecule has 0 radical (unpaired) electrons. The van der Waals surface area contributed by atoms with E-state index in [9.17, 15) is 18.4 Å². The molecule has 5 nitrogen and oxygen atoms in total. The van der Waals surface area contributed by atoms with Gasteiger partial charge in [-0.3, -0.25) is 4.79 Å². The third-order valence-electron chi connectivity index (χ3n) is 4.13. The number of aliphatic carboxylic acids is 1. The monoisotopic (exact) mass is 376 g/mol. The van der Waals surface area contributed by atoms with Crippen molar-refractivity contribution in [1.29, 1.82) is 0 Å². The highest BCUT2D eigenvalue weighted by molar-refractivity contribution is 5.74. The molecule has 2 aromatic carbocycles. The molecule has 0 saturated carbocycles. The lowest BCUT2D eigenvalue weighted by atomic mass is 10.0. The Balaban J connectivity index is 2.01. The molecule has 0 heterocycles.